The van der Waals surface area contributed by atoms with Crippen molar-refractivity contribution in [1.82, 2.24) is 15.1 Å². The zero-order chi connectivity index (χ0) is 40.3. The summed E-state index contributed by atoms with van der Waals surface area (Å²) >= 11 is 0. The summed E-state index contributed by atoms with van der Waals surface area (Å²) in [5.74, 6) is 0.195. The Kier molecular flexibility index (Phi) is 40.6. The predicted octanol–water partition coefficient (Wildman–Crippen LogP) is 15.6. The molecular weight excluding hydrogens is 683 g/mol. The molecule has 0 unspecified atom stereocenters. The Balaban J connectivity index is 2.49. The highest BCUT2D eigenvalue weighted by Gasteiger charge is 2.10. The van der Waals surface area contributed by atoms with Gasteiger partial charge in [-0.1, -0.05) is 231 Å². The maximum atomic E-state index is 12.5. The lowest BCUT2D eigenvalue weighted by molar-refractivity contribution is -0.121. The fraction of sp³-hybridized carbons (Fsp3) is 0.865. The van der Waals surface area contributed by atoms with Crippen molar-refractivity contribution in [2.24, 2.45) is 0 Å². The normalized spacial score (nSPS) is 11.7. The molecule has 328 valence electrons. The molecule has 0 aliphatic carbocycles. The molecule has 0 saturated heterocycles. The first kappa shape index (κ1) is 52.6. The van der Waals surface area contributed by atoms with Gasteiger partial charge in [0.05, 0.1) is 0 Å². The number of nitrogens with one attached hydrogen (secondary N) is 1. The molecule has 1 rings (SSSR count). The van der Waals surface area contributed by atoms with Crippen molar-refractivity contribution in [2.45, 2.75) is 252 Å². The summed E-state index contributed by atoms with van der Waals surface area (Å²) in [6.07, 6.45) is 47.8. The van der Waals surface area contributed by atoms with Crippen molar-refractivity contribution in [3.05, 3.63) is 35.9 Å². The minimum absolute atomic E-state index is 0.195. The second-order valence-corrected chi connectivity index (χ2v) is 17.7. The fourth-order valence-electron chi connectivity index (χ4n) is 8.34. The Morgan fingerprint density at radius 2 is 0.661 bits per heavy atom. The van der Waals surface area contributed by atoms with E-state index in [0.717, 1.165) is 12.8 Å². The molecule has 1 N–H and O–H groups in total. The standard InChI is InChI=1S/C52H99N3O/c1-4-7-10-13-16-19-22-25-28-36-44-54(45-37-29-26-23-20-17-14-11-8-5-2)48-40-49-55(46-38-30-27-24-21-18-15-12-9-6-3)47-39-32-35-43-52(56)53-50-51-41-33-31-34-42-51/h31,33-34,41-42H,4-30,32,35-40,43-50H2,1-3H3,(H,53,56). The van der Waals surface area contributed by atoms with Gasteiger partial charge in [0.2, 0.25) is 5.91 Å². The topological polar surface area (TPSA) is 35.6 Å². The number of carbonyl (C=O) groups excluding carboxylic acids is 1. The molecule has 0 spiro atoms. The number of unbranched alkanes of at least 4 members (excludes halogenated alkanes) is 29. The van der Waals surface area contributed by atoms with E-state index in [0.29, 0.717) is 13.0 Å². The van der Waals surface area contributed by atoms with Crippen LogP contribution < -0.4 is 5.32 Å². The van der Waals surface area contributed by atoms with Crippen molar-refractivity contribution in [3.63, 3.8) is 0 Å². The zero-order valence-corrected chi connectivity index (χ0v) is 38.4. The van der Waals surface area contributed by atoms with E-state index < -0.39 is 0 Å². The Labute approximate surface area is 351 Å². The lowest BCUT2D eigenvalue weighted by atomic mass is 10.1. The predicted molar refractivity (Wildman–Crippen MR) is 250 cm³/mol. The highest BCUT2D eigenvalue weighted by atomic mass is 16.1. The minimum atomic E-state index is 0.195. The van der Waals surface area contributed by atoms with E-state index in [4.69, 9.17) is 0 Å². The Morgan fingerprint density at radius 3 is 1.00 bits per heavy atom. The lowest BCUT2D eigenvalue weighted by Crippen LogP contribution is -2.32. The molecule has 0 bridgehead atoms. The quantitative estimate of drug-likeness (QED) is 0.0670. The summed E-state index contributed by atoms with van der Waals surface area (Å²) < 4.78 is 0. The average Bonchev–Trinajstić information content (AvgIpc) is 3.21. The third kappa shape index (κ3) is 36.9. The molecule has 0 saturated carbocycles. The summed E-state index contributed by atoms with van der Waals surface area (Å²) in [6, 6.07) is 10.3. The summed E-state index contributed by atoms with van der Waals surface area (Å²) in [5, 5.41) is 3.12. The van der Waals surface area contributed by atoms with E-state index in [9.17, 15) is 4.79 Å². The minimum Gasteiger partial charge on any atom is -0.352 e. The van der Waals surface area contributed by atoms with Gasteiger partial charge in [-0.3, -0.25) is 4.79 Å². The van der Waals surface area contributed by atoms with Gasteiger partial charge in [-0.25, -0.2) is 0 Å². The summed E-state index contributed by atoms with van der Waals surface area (Å²) in [4.78, 5) is 18.1. The van der Waals surface area contributed by atoms with Gasteiger partial charge in [-0.2, -0.15) is 0 Å². The number of nitrogens with zero attached hydrogens (tertiary/aromatic N) is 2. The van der Waals surface area contributed by atoms with Crippen molar-refractivity contribution in [2.75, 3.05) is 39.3 Å². The van der Waals surface area contributed by atoms with Gasteiger partial charge >= 0.3 is 0 Å². The molecule has 0 aliphatic rings. The van der Waals surface area contributed by atoms with E-state index in [-0.39, 0.29) is 5.91 Å². The van der Waals surface area contributed by atoms with Gasteiger partial charge in [-0.15, -0.1) is 0 Å². The van der Waals surface area contributed by atoms with Gasteiger partial charge in [0.1, 0.15) is 0 Å². The maximum absolute atomic E-state index is 12.5. The third-order valence-electron chi connectivity index (χ3n) is 12.1. The Bertz CT molecular complexity index is 883. The fourth-order valence-corrected chi connectivity index (χ4v) is 8.34. The molecule has 0 aliphatic heterocycles. The molecule has 4 heteroatoms. The number of hydrogen-bond acceptors (Lipinski definition) is 3. The van der Waals surface area contributed by atoms with Crippen molar-refractivity contribution < 1.29 is 4.79 Å². The first-order chi connectivity index (χ1) is 27.7. The molecule has 4 nitrogen and oxygen atoms in total. The maximum Gasteiger partial charge on any atom is 0.220 e. The van der Waals surface area contributed by atoms with Crippen LogP contribution in [0.15, 0.2) is 30.3 Å². The SMILES string of the molecule is CCCCCCCCCCCCN(CCCCCCCCCCCC)CCCN(CCCCCCCCCCCC)CCCCCC(=O)NCc1ccccc1. The molecule has 0 fully saturated rings. The van der Waals surface area contributed by atoms with E-state index >= 15 is 0 Å². The van der Waals surface area contributed by atoms with Crippen LogP contribution in [0.5, 0.6) is 0 Å². The van der Waals surface area contributed by atoms with Crippen LogP contribution in [0.3, 0.4) is 0 Å². The highest BCUT2D eigenvalue weighted by Crippen LogP contribution is 2.15. The van der Waals surface area contributed by atoms with E-state index in [1.165, 1.54) is 250 Å². The first-order valence-corrected chi connectivity index (χ1v) is 25.4. The molecule has 0 atom stereocenters. The molecule has 1 aromatic carbocycles. The van der Waals surface area contributed by atoms with Crippen LogP contribution in [0.1, 0.15) is 251 Å². The molecule has 1 amide bonds. The molecule has 0 aromatic heterocycles. The van der Waals surface area contributed by atoms with Crippen molar-refractivity contribution in [3.8, 4) is 0 Å². The smallest absolute Gasteiger partial charge is 0.220 e. The summed E-state index contributed by atoms with van der Waals surface area (Å²) in [6.45, 7) is 15.1. The molecule has 1 aromatic rings. The molecule has 0 heterocycles. The zero-order valence-electron chi connectivity index (χ0n) is 38.4. The first-order valence-electron chi connectivity index (χ1n) is 25.4. The summed E-state index contributed by atoms with van der Waals surface area (Å²) in [5.41, 5.74) is 1.18. The molecule has 56 heavy (non-hydrogen) atoms. The van der Waals surface area contributed by atoms with Gasteiger partial charge in [0.25, 0.3) is 0 Å². The number of hydrogen-bond donors (Lipinski definition) is 1. The van der Waals surface area contributed by atoms with Crippen molar-refractivity contribution >= 4 is 5.91 Å². The lowest BCUT2D eigenvalue weighted by Gasteiger charge is -2.26. The van der Waals surface area contributed by atoms with Crippen LogP contribution in [-0.2, 0) is 11.3 Å². The van der Waals surface area contributed by atoms with Crippen LogP contribution in [0, 0.1) is 0 Å². The van der Waals surface area contributed by atoms with Gasteiger partial charge in [0, 0.05) is 13.0 Å². The highest BCUT2D eigenvalue weighted by molar-refractivity contribution is 5.75. The van der Waals surface area contributed by atoms with Crippen molar-refractivity contribution in [1.29, 1.82) is 0 Å². The largest absolute Gasteiger partial charge is 0.352 e. The van der Waals surface area contributed by atoms with Gasteiger partial charge in [-0.05, 0) is 83.4 Å². The van der Waals surface area contributed by atoms with E-state index in [2.05, 4.69) is 48.0 Å². The second kappa shape index (κ2) is 43.2. The van der Waals surface area contributed by atoms with Gasteiger partial charge < -0.3 is 15.1 Å². The van der Waals surface area contributed by atoms with Crippen LogP contribution in [0.4, 0.5) is 0 Å². The number of rotatable bonds is 45. The number of carbonyl (C=O) groups is 1. The van der Waals surface area contributed by atoms with Crippen LogP contribution in [-0.4, -0.2) is 55.0 Å². The molecule has 0 radical (unpaired) electrons. The average molecular weight is 782 g/mol. The monoisotopic (exact) mass is 782 g/mol. The van der Waals surface area contributed by atoms with Crippen LogP contribution in [0.25, 0.3) is 0 Å². The Hall–Kier alpha value is -1.39. The van der Waals surface area contributed by atoms with E-state index in [1.807, 2.05) is 18.2 Å². The van der Waals surface area contributed by atoms with E-state index in [1.54, 1.807) is 0 Å². The molecular formula is C52H99N3O. The Morgan fingerprint density at radius 1 is 0.375 bits per heavy atom. The van der Waals surface area contributed by atoms with Crippen LogP contribution in [0.2, 0.25) is 0 Å². The number of benzene rings is 1. The summed E-state index contributed by atoms with van der Waals surface area (Å²) in [7, 11) is 0. The third-order valence-corrected chi connectivity index (χ3v) is 12.1. The van der Waals surface area contributed by atoms with Crippen LogP contribution >= 0.6 is 0 Å². The second-order valence-electron chi connectivity index (χ2n) is 17.7. The number of amides is 1. The van der Waals surface area contributed by atoms with Gasteiger partial charge in [0.15, 0.2) is 0 Å².